The summed E-state index contributed by atoms with van der Waals surface area (Å²) in [5.41, 5.74) is 7.09. The number of pyridine rings is 1. The van der Waals surface area contributed by atoms with Crippen molar-refractivity contribution in [2.24, 2.45) is 0 Å². The van der Waals surface area contributed by atoms with Crippen LogP contribution in [0.2, 0.25) is 0 Å². The van der Waals surface area contributed by atoms with Crippen LogP contribution in [0.3, 0.4) is 0 Å². The number of carbonyl (C=O) groups is 1. The second-order valence-electron chi connectivity index (χ2n) is 8.05. The van der Waals surface area contributed by atoms with Crippen LogP contribution < -0.4 is 5.32 Å². The molecule has 1 N–H and O–H groups in total. The monoisotopic (exact) mass is 463 g/mol. The Kier molecular flexibility index (Phi) is 5.66. The minimum Gasteiger partial charge on any atom is -0.319 e. The number of nitrogens with zero attached hydrogens (tertiary/aromatic N) is 4. The van der Waals surface area contributed by atoms with Crippen LogP contribution in [0.25, 0.3) is 22.2 Å². The molecule has 0 spiro atoms. The summed E-state index contributed by atoms with van der Waals surface area (Å²) in [7, 11) is 0. The Morgan fingerprint density at radius 2 is 1.91 bits per heavy atom. The SMILES string of the molecule is Cc1nn(Cc2ccc(C#N)cc2)c(C)c1NC(=O)c1cc(-c2ccsc2)nc2ccccc12. The summed E-state index contributed by atoms with van der Waals surface area (Å²) in [6.07, 6.45) is 0. The molecule has 6 nitrogen and oxygen atoms in total. The first-order valence-electron chi connectivity index (χ1n) is 10.8. The van der Waals surface area contributed by atoms with Crippen molar-refractivity contribution in [3.8, 4) is 17.3 Å². The summed E-state index contributed by atoms with van der Waals surface area (Å²) in [4.78, 5) is 18.2. The molecule has 3 heterocycles. The van der Waals surface area contributed by atoms with E-state index < -0.39 is 0 Å². The Morgan fingerprint density at radius 3 is 2.65 bits per heavy atom. The lowest BCUT2D eigenvalue weighted by atomic mass is 10.0. The molecule has 5 aromatic rings. The molecule has 0 radical (unpaired) electrons. The van der Waals surface area contributed by atoms with E-state index in [0.717, 1.165) is 39.1 Å². The molecule has 34 heavy (non-hydrogen) atoms. The first kappa shape index (κ1) is 21.6. The number of aromatic nitrogens is 3. The fraction of sp³-hybridized carbons (Fsp3) is 0.111. The molecule has 2 aromatic carbocycles. The Morgan fingerprint density at radius 1 is 1.12 bits per heavy atom. The Labute approximate surface area is 201 Å². The van der Waals surface area contributed by atoms with Crippen molar-refractivity contribution < 1.29 is 4.79 Å². The van der Waals surface area contributed by atoms with Gasteiger partial charge in [-0.3, -0.25) is 9.48 Å². The minimum absolute atomic E-state index is 0.195. The van der Waals surface area contributed by atoms with Crippen molar-refractivity contribution in [1.29, 1.82) is 5.26 Å². The van der Waals surface area contributed by atoms with E-state index in [1.165, 1.54) is 0 Å². The fourth-order valence-electron chi connectivity index (χ4n) is 3.99. The molecule has 0 atom stereocenters. The highest BCUT2D eigenvalue weighted by molar-refractivity contribution is 7.08. The van der Waals surface area contributed by atoms with E-state index in [4.69, 9.17) is 10.2 Å². The van der Waals surface area contributed by atoms with Gasteiger partial charge in [-0.15, -0.1) is 0 Å². The molecule has 7 heteroatoms. The van der Waals surface area contributed by atoms with Gasteiger partial charge in [-0.1, -0.05) is 30.3 Å². The Hall–Kier alpha value is -4.28. The van der Waals surface area contributed by atoms with E-state index in [0.29, 0.717) is 23.4 Å². The van der Waals surface area contributed by atoms with Gasteiger partial charge < -0.3 is 5.32 Å². The molecule has 0 aliphatic heterocycles. The Bertz CT molecular complexity index is 1540. The number of nitriles is 1. The predicted molar refractivity (Wildman–Crippen MR) is 135 cm³/mol. The predicted octanol–water partition coefficient (Wildman–Crippen LogP) is 5.95. The quantitative estimate of drug-likeness (QED) is 0.349. The van der Waals surface area contributed by atoms with Crippen LogP contribution in [0.1, 0.15) is 32.9 Å². The first-order chi connectivity index (χ1) is 16.5. The molecule has 5 rings (SSSR count). The van der Waals surface area contributed by atoms with Crippen molar-refractivity contribution in [2.75, 3.05) is 5.32 Å². The fourth-order valence-corrected chi connectivity index (χ4v) is 4.64. The summed E-state index contributed by atoms with van der Waals surface area (Å²) < 4.78 is 1.87. The van der Waals surface area contributed by atoms with Gasteiger partial charge in [0.1, 0.15) is 0 Å². The van der Waals surface area contributed by atoms with Crippen molar-refractivity contribution >= 4 is 33.8 Å². The highest BCUT2D eigenvalue weighted by atomic mass is 32.1. The van der Waals surface area contributed by atoms with Crippen LogP contribution in [0.5, 0.6) is 0 Å². The second-order valence-corrected chi connectivity index (χ2v) is 8.83. The minimum atomic E-state index is -0.195. The van der Waals surface area contributed by atoms with Crippen LogP contribution in [-0.2, 0) is 6.54 Å². The zero-order valence-electron chi connectivity index (χ0n) is 18.7. The Balaban J connectivity index is 1.47. The summed E-state index contributed by atoms with van der Waals surface area (Å²) in [5, 5.41) is 21.6. The number of nitrogens with one attached hydrogen (secondary N) is 1. The van der Waals surface area contributed by atoms with Crippen LogP contribution in [0, 0.1) is 25.2 Å². The molecule has 0 saturated heterocycles. The van der Waals surface area contributed by atoms with Gasteiger partial charge in [0.2, 0.25) is 0 Å². The van der Waals surface area contributed by atoms with Crippen molar-refractivity contribution in [1.82, 2.24) is 14.8 Å². The van der Waals surface area contributed by atoms with E-state index in [-0.39, 0.29) is 5.91 Å². The number of para-hydroxylation sites is 1. The molecule has 0 aliphatic rings. The molecule has 0 bridgehead atoms. The van der Waals surface area contributed by atoms with E-state index in [1.54, 1.807) is 23.5 Å². The molecule has 0 aliphatic carbocycles. The van der Waals surface area contributed by atoms with E-state index in [9.17, 15) is 4.79 Å². The third kappa shape index (κ3) is 4.07. The first-order valence-corrected chi connectivity index (χ1v) is 11.7. The zero-order chi connectivity index (χ0) is 23.7. The maximum absolute atomic E-state index is 13.5. The van der Waals surface area contributed by atoms with Crippen LogP contribution in [0.4, 0.5) is 5.69 Å². The number of benzene rings is 2. The normalized spacial score (nSPS) is 10.9. The van der Waals surface area contributed by atoms with Crippen LogP contribution in [-0.4, -0.2) is 20.7 Å². The molecule has 0 unspecified atom stereocenters. The third-order valence-corrected chi connectivity index (χ3v) is 6.50. The summed E-state index contributed by atoms with van der Waals surface area (Å²) in [6, 6.07) is 21.1. The maximum Gasteiger partial charge on any atom is 0.256 e. The molecule has 0 saturated carbocycles. The van der Waals surface area contributed by atoms with Gasteiger partial charge in [-0.05, 0) is 55.1 Å². The third-order valence-electron chi connectivity index (χ3n) is 5.81. The number of rotatable bonds is 5. The molecule has 3 aromatic heterocycles. The molecular weight excluding hydrogens is 442 g/mol. The number of fused-ring (bicyclic) bond motifs is 1. The topological polar surface area (TPSA) is 83.6 Å². The number of anilines is 1. The van der Waals surface area contributed by atoms with E-state index in [2.05, 4.69) is 16.5 Å². The van der Waals surface area contributed by atoms with Gasteiger partial charge in [-0.2, -0.15) is 21.7 Å². The van der Waals surface area contributed by atoms with Gasteiger partial charge in [0.15, 0.2) is 0 Å². The van der Waals surface area contributed by atoms with Gasteiger partial charge in [0, 0.05) is 16.3 Å². The highest BCUT2D eigenvalue weighted by Gasteiger charge is 2.19. The number of hydrogen-bond acceptors (Lipinski definition) is 5. The standard InChI is InChI=1S/C27H21N5OS/c1-17-26(18(2)32(31-17)15-20-9-7-19(14-28)8-10-20)30-27(33)23-13-25(21-11-12-34-16-21)29-24-6-4-3-5-22(23)24/h3-13,16H,15H2,1-2H3,(H,30,33). The van der Waals surface area contributed by atoms with Crippen LogP contribution in [0.15, 0.2) is 71.4 Å². The lowest BCUT2D eigenvalue weighted by Crippen LogP contribution is -2.14. The molecular formula is C27H21N5OS. The van der Waals surface area contributed by atoms with Gasteiger partial charge in [-0.25, -0.2) is 4.98 Å². The highest BCUT2D eigenvalue weighted by Crippen LogP contribution is 2.28. The molecule has 0 fully saturated rings. The largest absolute Gasteiger partial charge is 0.319 e. The van der Waals surface area contributed by atoms with Gasteiger partial charge in [0.05, 0.1) is 52.0 Å². The number of hydrogen-bond donors (Lipinski definition) is 1. The van der Waals surface area contributed by atoms with Gasteiger partial charge >= 0.3 is 0 Å². The van der Waals surface area contributed by atoms with Gasteiger partial charge in [0.25, 0.3) is 5.91 Å². The number of aryl methyl sites for hydroxylation is 1. The molecule has 166 valence electrons. The van der Waals surface area contributed by atoms with Crippen molar-refractivity contribution in [3.05, 3.63) is 99.5 Å². The summed E-state index contributed by atoms with van der Waals surface area (Å²) >= 11 is 1.60. The number of thiophene rings is 1. The maximum atomic E-state index is 13.5. The van der Waals surface area contributed by atoms with Crippen LogP contribution >= 0.6 is 11.3 Å². The average Bonchev–Trinajstić information content (AvgIpc) is 3.49. The number of carbonyl (C=O) groups excluding carboxylic acids is 1. The van der Waals surface area contributed by atoms with Crippen molar-refractivity contribution in [3.63, 3.8) is 0 Å². The molecule has 1 amide bonds. The number of amides is 1. The summed E-state index contributed by atoms with van der Waals surface area (Å²) in [6.45, 7) is 4.38. The van der Waals surface area contributed by atoms with Crippen molar-refractivity contribution in [2.45, 2.75) is 20.4 Å². The van der Waals surface area contributed by atoms with E-state index >= 15 is 0 Å². The second kappa shape index (κ2) is 8.93. The lowest BCUT2D eigenvalue weighted by Gasteiger charge is -2.11. The lowest BCUT2D eigenvalue weighted by molar-refractivity contribution is 0.102. The smallest absolute Gasteiger partial charge is 0.256 e. The van der Waals surface area contributed by atoms with E-state index in [1.807, 2.05) is 77.8 Å². The average molecular weight is 464 g/mol. The summed E-state index contributed by atoms with van der Waals surface area (Å²) in [5.74, 6) is -0.195. The zero-order valence-corrected chi connectivity index (χ0v) is 19.6.